The first kappa shape index (κ1) is 15.5. The Bertz CT molecular complexity index is 452. The molecule has 1 unspecified atom stereocenters. The van der Waals surface area contributed by atoms with Gasteiger partial charge >= 0.3 is 0 Å². The van der Waals surface area contributed by atoms with Crippen LogP contribution in [-0.4, -0.2) is 19.1 Å². The number of carbonyl (C=O) groups excluding carboxylic acids is 1. The average Bonchev–Trinajstić information content (AvgIpc) is 2.36. The molecular formula is C14H23N3O2. The average molecular weight is 265 g/mol. The number of methoxy groups -OCH3 is 1. The van der Waals surface area contributed by atoms with E-state index in [2.05, 4.69) is 26.2 Å². The van der Waals surface area contributed by atoms with Gasteiger partial charge < -0.3 is 10.5 Å². The second-order valence-electron chi connectivity index (χ2n) is 5.60. The van der Waals surface area contributed by atoms with Crippen molar-refractivity contribution in [2.24, 2.45) is 11.6 Å². The Balaban J connectivity index is 3.02. The van der Waals surface area contributed by atoms with Crippen molar-refractivity contribution in [3.8, 4) is 5.75 Å². The minimum atomic E-state index is -0.647. The predicted molar refractivity (Wildman–Crippen MR) is 75.7 cm³/mol. The summed E-state index contributed by atoms with van der Waals surface area (Å²) in [6.07, 6.45) is 0.441. The molecule has 0 aliphatic rings. The van der Waals surface area contributed by atoms with Crippen molar-refractivity contribution in [3.63, 3.8) is 0 Å². The minimum absolute atomic E-state index is 0.0401. The fraction of sp³-hybridized carbons (Fsp3) is 0.500. The van der Waals surface area contributed by atoms with Gasteiger partial charge in [0, 0.05) is 0 Å². The van der Waals surface area contributed by atoms with E-state index in [1.54, 1.807) is 7.11 Å². The Morgan fingerprint density at radius 2 is 2.05 bits per heavy atom. The maximum absolute atomic E-state index is 11.3. The number of hydrazine groups is 1. The van der Waals surface area contributed by atoms with Crippen LogP contribution in [0.5, 0.6) is 5.75 Å². The molecule has 5 heteroatoms. The van der Waals surface area contributed by atoms with Crippen molar-refractivity contribution in [2.75, 3.05) is 7.11 Å². The van der Waals surface area contributed by atoms with Crippen LogP contribution in [0.25, 0.3) is 0 Å². The number of nitrogens with two attached hydrogens (primary N) is 2. The Morgan fingerprint density at radius 1 is 1.42 bits per heavy atom. The zero-order valence-corrected chi connectivity index (χ0v) is 12.0. The largest absolute Gasteiger partial charge is 0.496 e. The molecule has 0 aliphatic heterocycles. The van der Waals surface area contributed by atoms with Gasteiger partial charge in [0.2, 0.25) is 0 Å². The summed E-state index contributed by atoms with van der Waals surface area (Å²) in [7, 11) is 1.65. The lowest BCUT2D eigenvalue weighted by molar-refractivity contribution is -0.122. The third-order valence-electron chi connectivity index (χ3n) is 3.01. The molecule has 0 aliphatic carbocycles. The molecule has 19 heavy (non-hydrogen) atoms. The number of hydrogen-bond donors (Lipinski definition) is 3. The summed E-state index contributed by atoms with van der Waals surface area (Å²) >= 11 is 0. The zero-order chi connectivity index (χ0) is 14.6. The number of rotatable bonds is 4. The number of amides is 1. The van der Waals surface area contributed by atoms with Crippen molar-refractivity contribution in [1.82, 2.24) is 5.43 Å². The lowest BCUT2D eigenvalue weighted by atomic mass is 9.84. The highest BCUT2D eigenvalue weighted by Crippen LogP contribution is 2.32. The van der Waals surface area contributed by atoms with Crippen LogP contribution >= 0.6 is 0 Å². The summed E-state index contributed by atoms with van der Waals surface area (Å²) in [4.78, 5) is 11.3. The molecular weight excluding hydrogens is 242 g/mol. The Morgan fingerprint density at radius 3 is 2.53 bits per heavy atom. The van der Waals surface area contributed by atoms with Crippen LogP contribution in [0.2, 0.25) is 0 Å². The van der Waals surface area contributed by atoms with Crippen LogP contribution in [0.3, 0.4) is 0 Å². The first-order chi connectivity index (χ1) is 8.79. The smallest absolute Gasteiger partial charge is 0.251 e. The molecule has 1 atom stereocenters. The Kier molecular flexibility index (Phi) is 4.91. The van der Waals surface area contributed by atoms with Crippen LogP contribution in [0.15, 0.2) is 18.2 Å². The van der Waals surface area contributed by atoms with Crippen molar-refractivity contribution < 1.29 is 9.53 Å². The van der Waals surface area contributed by atoms with Gasteiger partial charge in [-0.3, -0.25) is 10.2 Å². The van der Waals surface area contributed by atoms with E-state index in [0.29, 0.717) is 6.42 Å². The van der Waals surface area contributed by atoms with Gasteiger partial charge in [-0.05, 0) is 29.0 Å². The maximum atomic E-state index is 11.3. The monoisotopic (exact) mass is 265 g/mol. The molecule has 0 aromatic heterocycles. The molecule has 0 bridgehead atoms. The molecule has 1 aromatic rings. The third-order valence-corrected chi connectivity index (χ3v) is 3.01. The number of hydrogen-bond acceptors (Lipinski definition) is 4. The van der Waals surface area contributed by atoms with Crippen LogP contribution in [0, 0.1) is 0 Å². The second kappa shape index (κ2) is 6.04. The van der Waals surface area contributed by atoms with Crippen molar-refractivity contribution in [2.45, 2.75) is 38.6 Å². The second-order valence-corrected chi connectivity index (χ2v) is 5.60. The minimum Gasteiger partial charge on any atom is -0.496 e. The predicted octanol–water partition coefficient (Wildman–Crippen LogP) is 0.852. The summed E-state index contributed by atoms with van der Waals surface area (Å²) in [5.41, 5.74) is 9.87. The Labute approximate surface area is 114 Å². The molecule has 0 saturated heterocycles. The summed E-state index contributed by atoms with van der Waals surface area (Å²) in [5.74, 6) is 5.55. The molecule has 0 radical (unpaired) electrons. The summed E-state index contributed by atoms with van der Waals surface area (Å²) < 4.78 is 5.37. The van der Waals surface area contributed by atoms with Crippen molar-refractivity contribution in [1.29, 1.82) is 0 Å². The third kappa shape index (κ3) is 3.94. The van der Waals surface area contributed by atoms with E-state index in [1.807, 2.05) is 18.2 Å². The van der Waals surface area contributed by atoms with Gasteiger partial charge in [0.1, 0.15) is 5.75 Å². The summed E-state index contributed by atoms with van der Waals surface area (Å²) in [6, 6.07) is 5.20. The molecule has 5 nitrogen and oxygen atoms in total. The standard InChI is InChI=1S/C14H23N3O2/c1-14(2,3)10-7-9(5-6-12(10)19-4)8-11(15)13(18)17-16/h5-7,11H,8,15-16H2,1-4H3,(H,17,18). The van der Waals surface area contributed by atoms with E-state index >= 15 is 0 Å². The topological polar surface area (TPSA) is 90.4 Å². The molecule has 0 fully saturated rings. The van der Waals surface area contributed by atoms with Gasteiger partial charge in [0.25, 0.3) is 5.91 Å². The Hall–Kier alpha value is -1.59. The lowest BCUT2D eigenvalue weighted by Gasteiger charge is -2.23. The molecule has 1 amide bonds. The van der Waals surface area contributed by atoms with E-state index < -0.39 is 6.04 Å². The van der Waals surface area contributed by atoms with E-state index in [9.17, 15) is 4.79 Å². The maximum Gasteiger partial charge on any atom is 0.251 e. The fourth-order valence-corrected chi connectivity index (χ4v) is 1.92. The van der Waals surface area contributed by atoms with Crippen molar-refractivity contribution in [3.05, 3.63) is 29.3 Å². The number of carbonyl (C=O) groups is 1. The van der Waals surface area contributed by atoms with Crippen LogP contribution < -0.4 is 21.7 Å². The fourth-order valence-electron chi connectivity index (χ4n) is 1.92. The van der Waals surface area contributed by atoms with E-state index in [1.165, 1.54) is 0 Å². The van der Waals surface area contributed by atoms with Gasteiger partial charge in [0.15, 0.2) is 0 Å². The molecule has 0 saturated carbocycles. The first-order valence-electron chi connectivity index (χ1n) is 6.23. The highest BCUT2D eigenvalue weighted by Gasteiger charge is 2.20. The van der Waals surface area contributed by atoms with Gasteiger partial charge in [-0.2, -0.15) is 0 Å². The molecule has 5 N–H and O–H groups in total. The first-order valence-corrected chi connectivity index (χ1v) is 6.23. The molecule has 1 rings (SSSR count). The van der Waals surface area contributed by atoms with Gasteiger partial charge in [-0.25, -0.2) is 5.84 Å². The number of ether oxygens (including phenoxy) is 1. The normalized spacial score (nSPS) is 12.9. The lowest BCUT2D eigenvalue weighted by Crippen LogP contribution is -2.45. The quantitative estimate of drug-likeness (QED) is 0.428. The zero-order valence-electron chi connectivity index (χ0n) is 12.0. The molecule has 1 aromatic carbocycles. The number of benzene rings is 1. The van der Waals surface area contributed by atoms with Crippen LogP contribution in [0.4, 0.5) is 0 Å². The highest BCUT2D eigenvalue weighted by molar-refractivity contribution is 5.81. The van der Waals surface area contributed by atoms with Crippen LogP contribution in [-0.2, 0) is 16.6 Å². The summed E-state index contributed by atoms with van der Waals surface area (Å²) in [6.45, 7) is 6.34. The van der Waals surface area contributed by atoms with Gasteiger partial charge in [-0.15, -0.1) is 0 Å². The van der Waals surface area contributed by atoms with Gasteiger partial charge in [-0.1, -0.05) is 32.9 Å². The SMILES string of the molecule is COc1ccc(CC(N)C(=O)NN)cc1C(C)(C)C. The molecule has 0 heterocycles. The van der Waals surface area contributed by atoms with Gasteiger partial charge in [0.05, 0.1) is 13.2 Å². The number of nitrogens with one attached hydrogen (secondary N) is 1. The molecule has 0 spiro atoms. The summed E-state index contributed by atoms with van der Waals surface area (Å²) in [5, 5.41) is 0. The molecule has 106 valence electrons. The van der Waals surface area contributed by atoms with E-state index in [-0.39, 0.29) is 11.3 Å². The van der Waals surface area contributed by atoms with Crippen LogP contribution in [0.1, 0.15) is 31.9 Å². The van der Waals surface area contributed by atoms with Crippen molar-refractivity contribution >= 4 is 5.91 Å². The van der Waals surface area contributed by atoms with E-state index in [4.69, 9.17) is 16.3 Å². The highest BCUT2D eigenvalue weighted by atomic mass is 16.5. The van der Waals surface area contributed by atoms with E-state index in [0.717, 1.165) is 16.9 Å².